The number of rotatable bonds is 3. The molecule has 1 aromatic carbocycles. The number of ether oxygens (including phenoxy) is 1. The van der Waals surface area contributed by atoms with Gasteiger partial charge in [0.2, 0.25) is 0 Å². The molecular formula is C10H12FO. The van der Waals surface area contributed by atoms with E-state index in [1.165, 1.54) is 0 Å². The van der Waals surface area contributed by atoms with Crippen LogP contribution in [-0.2, 0) is 0 Å². The van der Waals surface area contributed by atoms with Crippen molar-refractivity contribution in [2.24, 2.45) is 0 Å². The second-order valence-electron chi connectivity index (χ2n) is 2.65. The summed E-state index contributed by atoms with van der Waals surface area (Å²) in [5.74, 6) is 1.49. The molecule has 1 rings (SSSR count). The molecule has 0 saturated heterocycles. The minimum atomic E-state index is -0.410. The molecule has 0 amide bonds. The molecule has 1 radical (unpaired) electrons. The van der Waals surface area contributed by atoms with Gasteiger partial charge in [-0.3, -0.25) is 4.39 Å². The Balaban J connectivity index is 2.86. The second-order valence-corrected chi connectivity index (χ2v) is 2.65. The van der Waals surface area contributed by atoms with E-state index >= 15 is 0 Å². The van der Waals surface area contributed by atoms with Gasteiger partial charge in [-0.1, -0.05) is 19.1 Å². The first-order valence-electron chi connectivity index (χ1n) is 3.80. The summed E-state index contributed by atoms with van der Waals surface area (Å²) in [4.78, 5) is 0. The van der Waals surface area contributed by atoms with Gasteiger partial charge in [0, 0.05) is 5.92 Å². The predicted octanol–water partition coefficient (Wildman–Crippen LogP) is 2.61. The Bertz CT molecular complexity index is 247. The van der Waals surface area contributed by atoms with E-state index in [-0.39, 0.29) is 0 Å². The van der Waals surface area contributed by atoms with Crippen molar-refractivity contribution in [1.82, 2.24) is 0 Å². The molecule has 0 aliphatic rings. The maximum absolute atomic E-state index is 12.2. The number of benzene rings is 1. The Morgan fingerprint density at radius 3 is 2.83 bits per heavy atom. The molecule has 0 saturated carbocycles. The van der Waals surface area contributed by atoms with Crippen LogP contribution in [0.5, 0.6) is 5.75 Å². The lowest BCUT2D eigenvalue weighted by molar-refractivity contribution is 0.414. The normalized spacial score (nSPS) is 10.3. The maximum atomic E-state index is 12.2. The Labute approximate surface area is 72.2 Å². The number of alkyl halides is 1. The van der Waals surface area contributed by atoms with E-state index in [1.807, 2.05) is 24.3 Å². The molecule has 1 aromatic rings. The minimum Gasteiger partial charge on any atom is -0.497 e. The Morgan fingerprint density at radius 1 is 1.50 bits per heavy atom. The maximum Gasteiger partial charge on any atom is 0.119 e. The molecular weight excluding hydrogens is 155 g/mol. The fourth-order valence-corrected chi connectivity index (χ4v) is 0.966. The monoisotopic (exact) mass is 167 g/mol. The zero-order valence-corrected chi connectivity index (χ0v) is 7.30. The van der Waals surface area contributed by atoms with Crippen molar-refractivity contribution < 1.29 is 9.13 Å². The van der Waals surface area contributed by atoms with Crippen LogP contribution in [0, 0.1) is 5.92 Å². The highest BCUT2D eigenvalue weighted by molar-refractivity contribution is 5.36. The van der Waals surface area contributed by atoms with Crippen LogP contribution in [0.1, 0.15) is 12.5 Å². The Kier molecular flexibility index (Phi) is 3.09. The Morgan fingerprint density at radius 2 is 2.25 bits per heavy atom. The first-order chi connectivity index (χ1) is 5.77. The van der Waals surface area contributed by atoms with E-state index in [1.54, 1.807) is 14.0 Å². The van der Waals surface area contributed by atoms with Gasteiger partial charge >= 0.3 is 0 Å². The average Bonchev–Trinajstić information content (AvgIpc) is 2.17. The van der Waals surface area contributed by atoms with E-state index in [2.05, 4.69) is 0 Å². The van der Waals surface area contributed by atoms with E-state index in [9.17, 15) is 4.39 Å². The average molecular weight is 167 g/mol. The van der Waals surface area contributed by atoms with Crippen LogP contribution in [0.25, 0.3) is 0 Å². The summed E-state index contributed by atoms with van der Waals surface area (Å²) in [7, 11) is 1.60. The topological polar surface area (TPSA) is 9.23 Å². The van der Waals surface area contributed by atoms with Crippen LogP contribution in [0.3, 0.4) is 0 Å². The van der Waals surface area contributed by atoms with Crippen LogP contribution in [-0.4, -0.2) is 13.8 Å². The highest BCUT2D eigenvalue weighted by atomic mass is 19.1. The van der Waals surface area contributed by atoms with Gasteiger partial charge in [0.1, 0.15) is 5.75 Å². The molecule has 0 aromatic heterocycles. The van der Waals surface area contributed by atoms with Gasteiger partial charge < -0.3 is 4.74 Å². The molecule has 0 unspecified atom stereocenters. The summed E-state index contributed by atoms with van der Waals surface area (Å²) in [6.45, 7) is 1.36. The van der Waals surface area contributed by atoms with Gasteiger partial charge in [-0.25, -0.2) is 0 Å². The van der Waals surface area contributed by atoms with Crippen molar-refractivity contribution in [2.45, 2.75) is 6.92 Å². The van der Waals surface area contributed by atoms with Crippen LogP contribution in [0.2, 0.25) is 0 Å². The third-order valence-electron chi connectivity index (χ3n) is 1.76. The van der Waals surface area contributed by atoms with Crippen molar-refractivity contribution in [2.75, 3.05) is 13.8 Å². The Hall–Kier alpha value is -1.05. The molecule has 0 atom stereocenters. The van der Waals surface area contributed by atoms with Crippen molar-refractivity contribution in [1.29, 1.82) is 0 Å². The number of hydrogen-bond acceptors (Lipinski definition) is 1. The van der Waals surface area contributed by atoms with Crippen molar-refractivity contribution in [3.63, 3.8) is 0 Å². The van der Waals surface area contributed by atoms with Gasteiger partial charge in [-0.15, -0.1) is 0 Å². The summed E-state index contributed by atoms with van der Waals surface area (Å²) >= 11 is 0. The first-order valence-corrected chi connectivity index (χ1v) is 3.80. The van der Waals surface area contributed by atoms with Gasteiger partial charge in [0.05, 0.1) is 13.8 Å². The lowest BCUT2D eigenvalue weighted by atomic mass is 10.0. The molecule has 0 heterocycles. The largest absolute Gasteiger partial charge is 0.497 e. The molecule has 12 heavy (non-hydrogen) atoms. The molecule has 0 spiro atoms. The molecule has 0 N–H and O–H groups in total. The first kappa shape index (κ1) is 9.04. The number of methoxy groups -OCH3 is 1. The smallest absolute Gasteiger partial charge is 0.119 e. The summed E-state index contributed by atoms with van der Waals surface area (Å²) in [5, 5.41) is 0. The van der Waals surface area contributed by atoms with Crippen molar-refractivity contribution in [3.05, 3.63) is 35.7 Å². The molecule has 0 bridgehead atoms. The number of hydrogen-bond donors (Lipinski definition) is 0. The van der Waals surface area contributed by atoms with Crippen LogP contribution < -0.4 is 4.74 Å². The highest BCUT2D eigenvalue weighted by Crippen LogP contribution is 2.19. The van der Waals surface area contributed by atoms with Crippen LogP contribution in [0.4, 0.5) is 4.39 Å². The molecule has 65 valence electrons. The molecule has 0 aliphatic heterocycles. The third kappa shape index (κ3) is 1.97. The number of halogens is 1. The van der Waals surface area contributed by atoms with Crippen molar-refractivity contribution in [3.8, 4) is 5.75 Å². The molecule has 0 fully saturated rings. The van der Waals surface area contributed by atoms with Crippen LogP contribution in [0.15, 0.2) is 24.3 Å². The minimum absolute atomic E-state index is 0.410. The summed E-state index contributed by atoms with van der Waals surface area (Å²) in [6, 6.07) is 7.40. The summed E-state index contributed by atoms with van der Waals surface area (Å²) < 4.78 is 17.2. The van der Waals surface area contributed by atoms with Gasteiger partial charge in [-0.2, -0.15) is 0 Å². The SMILES string of the molecule is COc1cccc([C](C)CF)c1. The predicted molar refractivity (Wildman–Crippen MR) is 47.0 cm³/mol. The summed E-state index contributed by atoms with van der Waals surface area (Å²) in [5.41, 5.74) is 0.900. The highest BCUT2D eigenvalue weighted by Gasteiger charge is 2.05. The van der Waals surface area contributed by atoms with E-state index in [0.29, 0.717) is 0 Å². The van der Waals surface area contributed by atoms with E-state index in [0.717, 1.165) is 17.2 Å². The molecule has 2 heteroatoms. The van der Waals surface area contributed by atoms with E-state index in [4.69, 9.17) is 4.74 Å². The van der Waals surface area contributed by atoms with Crippen LogP contribution >= 0.6 is 0 Å². The lowest BCUT2D eigenvalue weighted by Gasteiger charge is -2.07. The zero-order chi connectivity index (χ0) is 8.97. The van der Waals surface area contributed by atoms with Crippen molar-refractivity contribution >= 4 is 0 Å². The standard InChI is InChI=1S/C10H12FO/c1-8(7-11)9-4-3-5-10(6-9)12-2/h3-6H,7H2,1-2H3. The second kappa shape index (κ2) is 4.10. The zero-order valence-electron chi connectivity index (χ0n) is 7.30. The summed E-state index contributed by atoms with van der Waals surface area (Å²) in [6.07, 6.45) is 0. The fraction of sp³-hybridized carbons (Fsp3) is 0.300. The van der Waals surface area contributed by atoms with Gasteiger partial charge in [-0.05, 0) is 17.7 Å². The van der Waals surface area contributed by atoms with Gasteiger partial charge in [0.25, 0.3) is 0 Å². The molecule has 1 nitrogen and oxygen atoms in total. The molecule has 0 aliphatic carbocycles. The third-order valence-corrected chi connectivity index (χ3v) is 1.76. The van der Waals surface area contributed by atoms with E-state index < -0.39 is 6.67 Å². The lowest BCUT2D eigenvalue weighted by Crippen LogP contribution is -1.96. The fourth-order valence-electron chi connectivity index (χ4n) is 0.966. The van der Waals surface area contributed by atoms with Gasteiger partial charge in [0.15, 0.2) is 0 Å². The quantitative estimate of drug-likeness (QED) is 0.672.